The number of likely N-dealkylation sites (tertiary alicyclic amines) is 1. The van der Waals surface area contributed by atoms with E-state index in [1.165, 1.54) is 24.0 Å². The van der Waals surface area contributed by atoms with Crippen LogP contribution in [0.4, 0.5) is 0 Å². The third-order valence-corrected chi connectivity index (χ3v) is 4.16. The lowest BCUT2D eigenvalue weighted by Crippen LogP contribution is -2.22. The smallest absolute Gasteiger partial charge is 0.154 e. The molecule has 0 spiro atoms. The first-order chi connectivity index (χ1) is 9.76. The highest BCUT2D eigenvalue weighted by atomic mass is 16.5. The average molecular weight is 270 g/mol. The van der Waals surface area contributed by atoms with Crippen molar-refractivity contribution in [1.29, 1.82) is 0 Å². The Morgan fingerprint density at radius 2 is 2.00 bits per heavy atom. The Morgan fingerprint density at radius 3 is 2.65 bits per heavy atom. The largest absolute Gasteiger partial charge is 0.359 e. The van der Waals surface area contributed by atoms with Gasteiger partial charge in [-0.3, -0.25) is 4.90 Å². The van der Waals surface area contributed by atoms with Crippen molar-refractivity contribution in [1.82, 2.24) is 10.1 Å². The molecule has 0 bridgehead atoms. The minimum atomic E-state index is 0.391. The summed E-state index contributed by atoms with van der Waals surface area (Å²) in [5.74, 6) is 1.02. The topological polar surface area (TPSA) is 29.3 Å². The number of rotatable bonds is 4. The van der Waals surface area contributed by atoms with E-state index in [9.17, 15) is 0 Å². The number of hydrogen-bond acceptors (Lipinski definition) is 3. The maximum absolute atomic E-state index is 5.46. The summed E-state index contributed by atoms with van der Waals surface area (Å²) < 4.78 is 5.46. The fourth-order valence-electron chi connectivity index (χ4n) is 2.99. The van der Waals surface area contributed by atoms with Crippen LogP contribution in [0.2, 0.25) is 0 Å². The third-order valence-electron chi connectivity index (χ3n) is 4.16. The van der Waals surface area contributed by atoms with Crippen LogP contribution in [0.15, 0.2) is 34.9 Å². The molecule has 0 aliphatic carbocycles. The van der Waals surface area contributed by atoms with Crippen LogP contribution in [-0.4, -0.2) is 16.6 Å². The number of nitrogens with zero attached hydrogens (tertiary/aromatic N) is 2. The van der Waals surface area contributed by atoms with Gasteiger partial charge in [0.1, 0.15) is 0 Å². The second kappa shape index (κ2) is 5.80. The first kappa shape index (κ1) is 13.4. The van der Waals surface area contributed by atoms with Gasteiger partial charge in [0.2, 0.25) is 0 Å². The molecule has 3 rings (SSSR count). The van der Waals surface area contributed by atoms with Gasteiger partial charge in [0, 0.05) is 12.6 Å². The summed E-state index contributed by atoms with van der Waals surface area (Å²) in [7, 11) is 0. The first-order valence-corrected chi connectivity index (χ1v) is 7.51. The molecule has 0 radical (unpaired) electrons. The van der Waals surface area contributed by atoms with E-state index in [1.807, 2.05) is 6.92 Å². The molecule has 0 saturated carbocycles. The van der Waals surface area contributed by atoms with Gasteiger partial charge in [-0.25, -0.2) is 0 Å². The van der Waals surface area contributed by atoms with E-state index >= 15 is 0 Å². The molecule has 1 unspecified atom stereocenters. The van der Waals surface area contributed by atoms with Crippen molar-refractivity contribution in [3.63, 3.8) is 0 Å². The van der Waals surface area contributed by atoms with Gasteiger partial charge in [-0.2, -0.15) is 0 Å². The number of aryl methyl sites for hydroxylation is 2. The standard InChI is InChI=1S/C17H22N2O/c1-3-14-6-8-15(9-7-14)12-19-10-4-5-16(19)17-11-13(2)18-20-17/h6-9,11,16H,3-5,10,12H2,1-2H3. The number of benzene rings is 1. The fourth-order valence-corrected chi connectivity index (χ4v) is 2.99. The summed E-state index contributed by atoms with van der Waals surface area (Å²) in [5, 5.41) is 4.02. The van der Waals surface area contributed by atoms with Gasteiger partial charge in [0.05, 0.1) is 11.7 Å². The average Bonchev–Trinajstić information content (AvgIpc) is 3.08. The van der Waals surface area contributed by atoms with Gasteiger partial charge >= 0.3 is 0 Å². The molecule has 1 aliphatic rings. The molecular weight excluding hydrogens is 248 g/mol. The molecule has 0 amide bonds. The van der Waals surface area contributed by atoms with Gasteiger partial charge < -0.3 is 4.52 Å². The molecule has 2 aromatic rings. The number of aromatic nitrogens is 1. The van der Waals surface area contributed by atoms with Crippen molar-refractivity contribution in [2.24, 2.45) is 0 Å². The van der Waals surface area contributed by atoms with Crippen LogP contribution >= 0.6 is 0 Å². The predicted molar refractivity (Wildman–Crippen MR) is 79.4 cm³/mol. The molecular formula is C17H22N2O. The van der Waals surface area contributed by atoms with Crippen LogP contribution in [-0.2, 0) is 13.0 Å². The van der Waals surface area contributed by atoms with E-state index in [4.69, 9.17) is 4.52 Å². The predicted octanol–water partition coefficient (Wildman–Crippen LogP) is 3.88. The summed E-state index contributed by atoms with van der Waals surface area (Å²) in [6.45, 7) is 6.31. The maximum atomic E-state index is 5.46. The third kappa shape index (κ3) is 2.78. The quantitative estimate of drug-likeness (QED) is 0.844. The summed E-state index contributed by atoms with van der Waals surface area (Å²) in [6, 6.07) is 11.4. The molecule has 106 valence electrons. The zero-order chi connectivity index (χ0) is 13.9. The Hall–Kier alpha value is -1.61. The monoisotopic (exact) mass is 270 g/mol. The molecule has 1 aliphatic heterocycles. The molecule has 3 nitrogen and oxygen atoms in total. The van der Waals surface area contributed by atoms with Crippen LogP contribution in [0.5, 0.6) is 0 Å². The highest BCUT2D eigenvalue weighted by Crippen LogP contribution is 2.33. The molecule has 1 atom stereocenters. The Balaban J connectivity index is 1.72. The van der Waals surface area contributed by atoms with Crippen LogP contribution in [0.25, 0.3) is 0 Å². The fraction of sp³-hybridized carbons (Fsp3) is 0.471. The molecule has 0 N–H and O–H groups in total. The van der Waals surface area contributed by atoms with Crippen molar-refractivity contribution < 1.29 is 4.52 Å². The molecule has 2 heterocycles. The number of hydrogen-bond donors (Lipinski definition) is 0. The van der Waals surface area contributed by atoms with Gasteiger partial charge in [0.15, 0.2) is 5.76 Å². The van der Waals surface area contributed by atoms with Crippen LogP contribution in [0.3, 0.4) is 0 Å². The molecule has 20 heavy (non-hydrogen) atoms. The van der Waals surface area contributed by atoms with E-state index in [2.05, 4.69) is 47.3 Å². The van der Waals surface area contributed by atoms with Crippen molar-refractivity contribution in [2.45, 2.75) is 45.7 Å². The van der Waals surface area contributed by atoms with E-state index < -0.39 is 0 Å². The van der Waals surface area contributed by atoms with E-state index in [1.54, 1.807) is 0 Å². The highest BCUT2D eigenvalue weighted by molar-refractivity contribution is 5.23. The van der Waals surface area contributed by atoms with Gasteiger partial charge in [-0.1, -0.05) is 36.3 Å². The minimum Gasteiger partial charge on any atom is -0.359 e. The summed E-state index contributed by atoms with van der Waals surface area (Å²) in [6.07, 6.45) is 3.50. The van der Waals surface area contributed by atoms with Crippen molar-refractivity contribution in [2.75, 3.05) is 6.54 Å². The summed E-state index contributed by atoms with van der Waals surface area (Å²) in [5.41, 5.74) is 3.75. The summed E-state index contributed by atoms with van der Waals surface area (Å²) in [4.78, 5) is 2.50. The normalized spacial score (nSPS) is 19.6. The summed E-state index contributed by atoms with van der Waals surface area (Å²) >= 11 is 0. The molecule has 1 aromatic heterocycles. The first-order valence-electron chi connectivity index (χ1n) is 7.51. The van der Waals surface area contributed by atoms with Crippen molar-refractivity contribution >= 4 is 0 Å². The Labute approximate surface area is 120 Å². The molecule has 3 heteroatoms. The molecule has 1 saturated heterocycles. The Kier molecular flexibility index (Phi) is 3.88. The second-order valence-corrected chi connectivity index (χ2v) is 5.67. The van der Waals surface area contributed by atoms with Crippen molar-refractivity contribution in [3.05, 3.63) is 52.9 Å². The van der Waals surface area contributed by atoms with Gasteiger partial charge in [0.25, 0.3) is 0 Å². The lowest BCUT2D eigenvalue weighted by molar-refractivity contribution is 0.206. The second-order valence-electron chi connectivity index (χ2n) is 5.67. The molecule has 1 fully saturated rings. The lowest BCUT2D eigenvalue weighted by Gasteiger charge is -2.22. The van der Waals surface area contributed by atoms with Crippen LogP contribution in [0, 0.1) is 6.92 Å². The van der Waals surface area contributed by atoms with E-state index in [0.29, 0.717) is 6.04 Å². The van der Waals surface area contributed by atoms with Gasteiger partial charge in [-0.05, 0) is 43.9 Å². The minimum absolute atomic E-state index is 0.391. The van der Waals surface area contributed by atoms with Gasteiger partial charge in [-0.15, -0.1) is 0 Å². The molecule has 1 aromatic carbocycles. The maximum Gasteiger partial charge on any atom is 0.154 e. The van der Waals surface area contributed by atoms with E-state index in [-0.39, 0.29) is 0 Å². The Morgan fingerprint density at radius 1 is 1.25 bits per heavy atom. The SMILES string of the molecule is CCc1ccc(CN2CCCC2c2cc(C)no2)cc1. The van der Waals surface area contributed by atoms with Crippen molar-refractivity contribution in [3.8, 4) is 0 Å². The van der Waals surface area contributed by atoms with Crippen LogP contribution < -0.4 is 0 Å². The van der Waals surface area contributed by atoms with E-state index in [0.717, 1.165) is 31.0 Å². The lowest BCUT2D eigenvalue weighted by atomic mass is 10.1. The van der Waals surface area contributed by atoms with Crippen LogP contribution in [0.1, 0.15) is 48.4 Å². The highest BCUT2D eigenvalue weighted by Gasteiger charge is 2.28. The zero-order valence-electron chi connectivity index (χ0n) is 12.3. The Bertz CT molecular complexity index is 559. The zero-order valence-corrected chi connectivity index (χ0v) is 12.3.